The Morgan fingerprint density at radius 3 is 2.24 bits per heavy atom. The summed E-state index contributed by atoms with van der Waals surface area (Å²) in [5.74, 6) is 0. The van der Waals surface area contributed by atoms with Crippen LogP contribution in [0.3, 0.4) is 0 Å². The summed E-state index contributed by atoms with van der Waals surface area (Å²) in [7, 11) is 0. The van der Waals surface area contributed by atoms with Crippen LogP contribution in [-0.4, -0.2) is 6.04 Å². The predicted octanol–water partition coefficient (Wildman–Crippen LogP) is 4.09. The molecule has 1 rings (SSSR count). The first-order valence-corrected chi connectivity index (χ1v) is 6.21. The van der Waals surface area contributed by atoms with E-state index in [0.29, 0.717) is 6.42 Å². The molecular weight excluding hydrogens is 208 g/mol. The van der Waals surface area contributed by atoms with E-state index in [4.69, 9.17) is 5.26 Å². The van der Waals surface area contributed by atoms with Gasteiger partial charge in [0, 0.05) is 11.7 Å². The lowest BCUT2D eigenvalue weighted by atomic mass is 9.87. The van der Waals surface area contributed by atoms with Crippen LogP contribution in [0.1, 0.15) is 46.1 Å². The van der Waals surface area contributed by atoms with E-state index in [2.05, 4.69) is 63.3 Å². The number of nitrogens with zero attached hydrogens (tertiary/aromatic N) is 1. The summed E-state index contributed by atoms with van der Waals surface area (Å²) >= 11 is 0. The molecule has 1 aromatic rings. The van der Waals surface area contributed by atoms with E-state index in [-0.39, 0.29) is 11.5 Å². The third-order valence-corrected chi connectivity index (χ3v) is 2.95. The van der Waals surface area contributed by atoms with Gasteiger partial charge < -0.3 is 5.32 Å². The van der Waals surface area contributed by atoms with Crippen LogP contribution in [0, 0.1) is 11.3 Å². The Kier molecular flexibility index (Phi) is 4.57. The zero-order valence-electron chi connectivity index (χ0n) is 11.2. The SMILES string of the molecule is CCC(CC#N)Nc1ccc(C(C)(C)C)cc1. The number of nitrogens with one attached hydrogen (secondary N) is 1. The minimum atomic E-state index is 0.190. The Bertz CT molecular complexity index is 379. The highest BCUT2D eigenvalue weighted by Crippen LogP contribution is 2.23. The highest BCUT2D eigenvalue weighted by Gasteiger charge is 2.13. The molecule has 1 unspecified atom stereocenters. The van der Waals surface area contributed by atoms with Crippen molar-refractivity contribution >= 4 is 5.69 Å². The lowest BCUT2D eigenvalue weighted by Gasteiger charge is -2.20. The molecule has 2 nitrogen and oxygen atoms in total. The summed E-state index contributed by atoms with van der Waals surface area (Å²) in [5.41, 5.74) is 2.62. The van der Waals surface area contributed by atoms with Gasteiger partial charge in [-0.1, -0.05) is 39.8 Å². The van der Waals surface area contributed by atoms with Crippen molar-refractivity contribution in [3.63, 3.8) is 0 Å². The number of nitriles is 1. The molecule has 0 radical (unpaired) electrons. The first-order valence-electron chi connectivity index (χ1n) is 6.21. The molecule has 0 aliphatic carbocycles. The molecule has 17 heavy (non-hydrogen) atoms. The van der Waals surface area contributed by atoms with Gasteiger partial charge in [0.2, 0.25) is 0 Å². The van der Waals surface area contributed by atoms with Gasteiger partial charge in [0.25, 0.3) is 0 Å². The molecule has 0 spiro atoms. The van der Waals surface area contributed by atoms with Gasteiger partial charge in [0.1, 0.15) is 0 Å². The standard InChI is InChI=1S/C15H22N2/c1-5-13(10-11-16)17-14-8-6-12(7-9-14)15(2,3)4/h6-9,13,17H,5,10H2,1-4H3. The molecule has 0 aliphatic heterocycles. The van der Waals surface area contributed by atoms with Crippen molar-refractivity contribution in [2.75, 3.05) is 5.32 Å². The van der Waals surface area contributed by atoms with Crippen molar-refractivity contribution in [3.8, 4) is 6.07 Å². The van der Waals surface area contributed by atoms with E-state index in [1.807, 2.05) is 0 Å². The molecule has 0 aliphatic rings. The second-order valence-electron chi connectivity index (χ2n) is 5.44. The monoisotopic (exact) mass is 230 g/mol. The highest BCUT2D eigenvalue weighted by atomic mass is 14.9. The van der Waals surface area contributed by atoms with E-state index in [1.165, 1.54) is 5.56 Å². The van der Waals surface area contributed by atoms with Gasteiger partial charge in [-0.3, -0.25) is 0 Å². The highest BCUT2D eigenvalue weighted by molar-refractivity contribution is 5.46. The van der Waals surface area contributed by atoms with Gasteiger partial charge in [0.15, 0.2) is 0 Å². The molecule has 1 atom stereocenters. The molecular formula is C15H22N2. The van der Waals surface area contributed by atoms with Crippen molar-refractivity contribution in [3.05, 3.63) is 29.8 Å². The minimum Gasteiger partial charge on any atom is -0.381 e. The number of rotatable bonds is 4. The zero-order chi connectivity index (χ0) is 12.9. The topological polar surface area (TPSA) is 35.8 Å². The largest absolute Gasteiger partial charge is 0.381 e. The summed E-state index contributed by atoms with van der Waals surface area (Å²) in [6.45, 7) is 8.72. The van der Waals surface area contributed by atoms with Gasteiger partial charge in [-0.2, -0.15) is 5.26 Å². The van der Waals surface area contributed by atoms with Crippen LogP contribution in [0.2, 0.25) is 0 Å². The van der Waals surface area contributed by atoms with E-state index in [9.17, 15) is 0 Å². The Morgan fingerprint density at radius 1 is 1.24 bits per heavy atom. The zero-order valence-corrected chi connectivity index (χ0v) is 11.2. The second-order valence-corrected chi connectivity index (χ2v) is 5.44. The first-order chi connectivity index (χ1) is 7.97. The van der Waals surface area contributed by atoms with Gasteiger partial charge in [-0.05, 0) is 29.5 Å². The maximum Gasteiger partial charge on any atom is 0.0643 e. The lowest BCUT2D eigenvalue weighted by Crippen LogP contribution is -2.17. The molecule has 1 N–H and O–H groups in total. The third kappa shape index (κ3) is 4.11. The molecule has 0 aromatic heterocycles. The van der Waals surface area contributed by atoms with Crippen molar-refractivity contribution < 1.29 is 0 Å². The van der Waals surface area contributed by atoms with E-state index >= 15 is 0 Å². The van der Waals surface area contributed by atoms with Crippen LogP contribution < -0.4 is 5.32 Å². The Morgan fingerprint density at radius 2 is 1.82 bits per heavy atom. The number of benzene rings is 1. The normalized spacial score (nSPS) is 12.9. The summed E-state index contributed by atoms with van der Waals surface area (Å²) in [6, 6.07) is 11.0. The summed E-state index contributed by atoms with van der Waals surface area (Å²) in [5, 5.41) is 12.1. The Labute approximate surface area is 105 Å². The van der Waals surface area contributed by atoms with Gasteiger partial charge in [-0.15, -0.1) is 0 Å². The average molecular weight is 230 g/mol. The van der Waals surface area contributed by atoms with Crippen molar-refractivity contribution in [1.82, 2.24) is 0 Å². The van der Waals surface area contributed by atoms with Crippen LogP contribution in [0.25, 0.3) is 0 Å². The number of anilines is 1. The molecule has 2 heteroatoms. The third-order valence-electron chi connectivity index (χ3n) is 2.95. The predicted molar refractivity (Wildman–Crippen MR) is 73.1 cm³/mol. The summed E-state index contributed by atoms with van der Waals surface area (Å²) in [6.07, 6.45) is 1.52. The average Bonchev–Trinajstić information content (AvgIpc) is 2.28. The smallest absolute Gasteiger partial charge is 0.0643 e. The quantitative estimate of drug-likeness (QED) is 0.845. The molecule has 0 amide bonds. The molecule has 92 valence electrons. The number of hydrogen-bond acceptors (Lipinski definition) is 2. The molecule has 0 saturated heterocycles. The van der Waals surface area contributed by atoms with E-state index < -0.39 is 0 Å². The van der Waals surface area contributed by atoms with Gasteiger partial charge in [-0.25, -0.2) is 0 Å². The van der Waals surface area contributed by atoms with E-state index in [0.717, 1.165) is 12.1 Å². The van der Waals surface area contributed by atoms with Gasteiger partial charge in [0.05, 0.1) is 12.5 Å². The first kappa shape index (κ1) is 13.6. The molecule has 0 heterocycles. The van der Waals surface area contributed by atoms with Crippen LogP contribution in [0.5, 0.6) is 0 Å². The van der Waals surface area contributed by atoms with E-state index in [1.54, 1.807) is 0 Å². The molecule has 0 saturated carbocycles. The second kappa shape index (κ2) is 5.72. The molecule has 0 bridgehead atoms. The summed E-state index contributed by atoms with van der Waals surface area (Å²) in [4.78, 5) is 0. The fraction of sp³-hybridized carbons (Fsp3) is 0.533. The van der Waals surface area contributed by atoms with Crippen LogP contribution in [0.4, 0.5) is 5.69 Å². The fourth-order valence-corrected chi connectivity index (χ4v) is 1.71. The van der Waals surface area contributed by atoms with Crippen LogP contribution >= 0.6 is 0 Å². The maximum absolute atomic E-state index is 8.71. The number of hydrogen-bond donors (Lipinski definition) is 1. The Balaban J connectivity index is 2.72. The Hall–Kier alpha value is -1.49. The summed E-state index contributed by atoms with van der Waals surface area (Å²) < 4.78 is 0. The van der Waals surface area contributed by atoms with Crippen LogP contribution in [-0.2, 0) is 5.41 Å². The van der Waals surface area contributed by atoms with Crippen LogP contribution in [0.15, 0.2) is 24.3 Å². The minimum absolute atomic E-state index is 0.190. The molecule has 0 fully saturated rings. The van der Waals surface area contributed by atoms with Crippen molar-refractivity contribution in [2.45, 2.75) is 52.0 Å². The lowest BCUT2D eigenvalue weighted by molar-refractivity contribution is 0.590. The van der Waals surface area contributed by atoms with Gasteiger partial charge >= 0.3 is 0 Å². The van der Waals surface area contributed by atoms with Crippen molar-refractivity contribution in [2.24, 2.45) is 0 Å². The molecule has 1 aromatic carbocycles. The maximum atomic E-state index is 8.71. The fourth-order valence-electron chi connectivity index (χ4n) is 1.71. The van der Waals surface area contributed by atoms with Crippen molar-refractivity contribution in [1.29, 1.82) is 5.26 Å².